The molecule has 2 rings (SSSR count). The lowest BCUT2D eigenvalue weighted by molar-refractivity contribution is 0.112. The molecule has 0 aliphatic carbocycles. The number of methoxy groups -OCH3 is 1. The van der Waals surface area contributed by atoms with Gasteiger partial charge in [0.25, 0.3) is 0 Å². The average Bonchev–Trinajstić information content (AvgIpc) is 2.49. The van der Waals surface area contributed by atoms with Gasteiger partial charge < -0.3 is 15.2 Å². The molecule has 4 nitrogen and oxygen atoms in total. The molecule has 0 heterocycles. The summed E-state index contributed by atoms with van der Waals surface area (Å²) in [5.41, 5.74) is 7.95. The standard InChI is InChI=1S/C16H17NO3/c1-19-15-10-13(11-18)9-14(17)16(15)20-8-7-12-5-3-2-4-6-12/h2-6,9-11H,7-8,17H2,1H3. The van der Waals surface area contributed by atoms with Crippen LogP contribution >= 0.6 is 0 Å². The van der Waals surface area contributed by atoms with Crippen molar-refractivity contribution in [1.29, 1.82) is 0 Å². The maximum absolute atomic E-state index is 10.8. The normalized spacial score (nSPS) is 10.1. The molecule has 0 fully saturated rings. The zero-order valence-electron chi connectivity index (χ0n) is 11.3. The molecule has 104 valence electrons. The molecule has 0 spiro atoms. The molecular formula is C16H17NO3. The Morgan fingerprint density at radius 2 is 1.95 bits per heavy atom. The summed E-state index contributed by atoms with van der Waals surface area (Å²) in [6.07, 6.45) is 1.51. The van der Waals surface area contributed by atoms with Crippen LogP contribution in [-0.2, 0) is 6.42 Å². The number of carbonyl (C=O) groups excluding carboxylic acids is 1. The molecule has 0 unspecified atom stereocenters. The zero-order chi connectivity index (χ0) is 14.4. The molecule has 0 aliphatic heterocycles. The number of hydrogen-bond acceptors (Lipinski definition) is 4. The van der Waals surface area contributed by atoms with Gasteiger partial charge in [-0.15, -0.1) is 0 Å². The van der Waals surface area contributed by atoms with E-state index in [0.29, 0.717) is 29.4 Å². The summed E-state index contributed by atoms with van der Waals surface area (Å²) in [5, 5.41) is 0. The second-order valence-corrected chi connectivity index (χ2v) is 4.34. The monoisotopic (exact) mass is 271 g/mol. The topological polar surface area (TPSA) is 61.5 Å². The fourth-order valence-corrected chi connectivity index (χ4v) is 1.94. The van der Waals surface area contributed by atoms with Crippen LogP contribution in [0, 0.1) is 0 Å². The summed E-state index contributed by atoms with van der Waals surface area (Å²) in [5.74, 6) is 0.953. The summed E-state index contributed by atoms with van der Waals surface area (Å²) in [7, 11) is 1.52. The van der Waals surface area contributed by atoms with Crippen LogP contribution < -0.4 is 15.2 Å². The van der Waals surface area contributed by atoms with Crippen LogP contribution in [0.4, 0.5) is 5.69 Å². The minimum atomic E-state index is 0.402. The number of rotatable bonds is 6. The zero-order valence-corrected chi connectivity index (χ0v) is 11.3. The highest BCUT2D eigenvalue weighted by molar-refractivity contribution is 5.80. The number of anilines is 1. The van der Waals surface area contributed by atoms with Crippen LogP contribution in [0.1, 0.15) is 15.9 Å². The lowest BCUT2D eigenvalue weighted by Gasteiger charge is -2.13. The Morgan fingerprint density at radius 3 is 2.60 bits per heavy atom. The molecule has 20 heavy (non-hydrogen) atoms. The minimum Gasteiger partial charge on any atom is -0.493 e. The van der Waals surface area contributed by atoms with Crippen molar-refractivity contribution in [3.63, 3.8) is 0 Å². The predicted molar refractivity (Wildman–Crippen MR) is 78.4 cm³/mol. The van der Waals surface area contributed by atoms with E-state index in [9.17, 15) is 4.79 Å². The third-order valence-corrected chi connectivity index (χ3v) is 2.94. The Morgan fingerprint density at radius 1 is 1.20 bits per heavy atom. The van der Waals surface area contributed by atoms with Gasteiger partial charge in [0.15, 0.2) is 11.5 Å². The van der Waals surface area contributed by atoms with Gasteiger partial charge in [-0.25, -0.2) is 0 Å². The van der Waals surface area contributed by atoms with E-state index in [-0.39, 0.29) is 0 Å². The molecule has 0 bridgehead atoms. The molecule has 0 amide bonds. The molecule has 2 N–H and O–H groups in total. The first-order valence-corrected chi connectivity index (χ1v) is 6.34. The van der Waals surface area contributed by atoms with E-state index in [1.165, 1.54) is 12.7 Å². The van der Waals surface area contributed by atoms with Crippen molar-refractivity contribution in [2.45, 2.75) is 6.42 Å². The molecule has 0 aliphatic rings. The van der Waals surface area contributed by atoms with Crippen molar-refractivity contribution in [3.8, 4) is 11.5 Å². The van der Waals surface area contributed by atoms with Crippen molar-refractivity contribution >= 4 is 12.0 Å². The Balaban J connectivity index is 2.07. The number of carbonyl (C=O) groups is 1. The fraction of sp³-hybridized carbons (Fsp3) is 0.188. The first kappa shape index (κ1) is 13.9. The van der Waals surface area contributed by atoms with E-state index in [1.807, 2.05) is 30.3 Å². The Bertz CT molecular complexity index is 582. The van der Waals surface area contributed by atoms with Gasteiger partial charge in [-0.3, -0.25) is 4.79 Å². The molecule has 0 aromatic heterocycles. The number of ether oxygens (including phenoxy) is 2. The number of hydrogen-bond donors (Lipinski definition) is 1. The summed E-state index contributed by atoms with van der Waals surface area (Å²) in [6.45, 7) is 0.491. The molecular weight excluding hydrogens is 254 g/mol. The van der Waals surface area contributed by atoms with Crippen molar-refractivity contribution < 1.29 is 14.3 Å². The summed E-state index contributed by atoms with van der Waals surface area (Å²) >= 11 is 0. The third-order valence-electron chi connectivity index (χ3n) is 2.94. The second kappa shape index (κ2) is 6.61. The fourth-order valence-electron chi connectivity index (χ4n) is 1.94. The van der Waals surface area contributed by atoms with Gasteiger partial charge in [-0.2, -0.15) is 0 Å². The average molecular weight is 271 g/mol. The third kappa shape index (κ3) is 3.29. The van der Waals surface area contributed by atoms with Crippen molar-refractivity contribution in [2.24, 2.45) is 0 Å². The maximum atomic E-state index is 10.8. The largest absolute Gasteiger partial charge is 0.493 e. The van der Waals surface area contributed by atoms with Crippen molar-refractivity contribution in [3.05, 3.63) is 53.6 Å². The number of benzene rings is 2. The maximum Gasteiger partial charge on any atom is 0.184 e. The molecule has 0 atom stereocenters. The quantitative estimate of drug-likeness (QED) is 0.648. The lowest BCUT2D eigenvalue weighted by atomic mass is 10.1. The van der Waals surface area contributed by atoms with Gasteiger partial charge >= 0.3 is 0 Å². The van der Waals surface area contributed by atoms with Gasteiger partial charge in [-0.05, 0) is 17.7 Å². The lowest BCUT2D eigenvalue weighted by Crippen LogP contribution is -2.05. The highest BCUT2D eigenvalue weighted by Gasteiger charge is 2.11. The second-order valence-electron chi connectivity index (χ2n) is 4.34. The van der Waals surface area contributed by atoms with Gasteiger partial charge in [0, 0.05) is 12.0 Å². The van der Waals surface area contributed by atoms with Crippen LogP contribution in [0.3, 0.4) is 0 Å². The van der Waals surface area contributed by atoms with E-state index in [4.69, 9.17) is 15.2 Å². The van der Waals surface area contributed by atoms with Crippen LogP contribution in [0.2, 0.25) is 0 Å². The SMILES string of the molecule is COc1cc(C=O)cc(N)c1OCCc1ccccc1. The van der Waals surface area contributed by atoms with Crippen LogP contribution in [-0.4, -0.2) is 20.0 Å². The number of nitrogens with two attached hydrogens (primary N) is 1. The number of nitrogen functional groups attached to an aromatic ring is 1. The highest BCUT2D eigenvalue weighted by Crippen LogP contribution is 2.34. The van der Waals surface area contributed by atoms with Crippen molar-refractivity contribution in [2.75, 3.05) is 19.5 Å². The smallest absolute Gasteiger partial charge is 0.184 e. The van der Waals surface area contributed by atoms with Crippen LogP contribution in [0.25, 0.3) is 0 Å². The molecule has 0 saturated heterocycles. The first-order valence-electron chi connectivity index (χ1n) is 6.34. The van der Waals surface area contributed by atoms with E-state index in [1.54, 1.807) is 12.1 Å². The van der Waals surface area contributed by atoms with Gasteiger partial charge in [0.2, 0.25) is 0 Å². The Kier molecular flexibility index (Phi) is 4.60. The van der Waals surface area contributed by atoms with E-state index < -0.39 is 0 Å². The Labute approximate surface area is 118 Å². The van der Waals surface area contributed by atoms with Crippen LogP contribution in [0.5, 0.6) is 11.5 Å². The van der Waals surface area contributed by atoms with E-state index in [2.05, 4.69) is 0 Å². The Hall–Kier alpha value is -2.49. The first-order chi connectivity index (χ1) is 9.74. The summed E-state index contributed by atoms with van der Waals surface area (Å²) in [6, 6.07) is 13.2. The summed E-state index contributed by atoms with van der Waals surface area (Å²) < 4.78 is 10.9. The molecule has 0 radical (unpaired) electrons. The van der Waals surface area contributed by atoms with Crippen molar-refractivity contribution in [1.82, 2.24) is 0 Å². The van der Waals surface area contributed by atoms with Gasteiger partial charge in [0.05, 0.1) is 19.4 Å². The summed E-state index contributed by atoms with van der Waals surface area (Å²) in [4.78, 5) is 10.8. The number of aldehydes is 1. The van der Waals surface area contributed by atoms with Crippen LogP contribution in [0.15, 0.2) is 42.5 Å². The highest BCUT2D eigenvalue weighted by atomic mass is 16.5. The predicted octanol–water partition coefficient (Wildman–Crippen LogP) is 2.71. The van der Waals surface area contributed by atoms with Gasteiger partial charge in [0.1, 0.15) is 6.29 Å². The van der Waals surface area contributed by atoms with E-state index in [0.717, 1.165) is 12.7 Å². The minimum absolute atomic E-state index is 0.402. The molecule has 0 saturated carbocycles. The molecule has 2 aromatic carbocycles. The van der Waals surface area contributed by atoms with Gasteiger partial charge in [-0.1, -0.05) is 30.3 Å². The molecule has 2 aromatic rings. The van der Waals surface area contributed by atoms with E-state index >= 15 is 0 Å². The molecule has 4 heteroatoms.